The van der Waals surface area contributed by atoms with Crippen molar-refractivity contribution in [1.29, 1.82) is 0 Å². The van der Waals surface area contributed by atoms with Gasteiger partial charge < -0.3 is 15.0 Å². The Hall–Kier alpha value is -2.04. The maximum Gasteiger partial charge on any atom is 0.227 e. The van der Waals surface area contributed by atoms with Crippen LogP contribution in [0.25, 0.3) is 0 Å². The van der Waals surface area contributed by atoms with Crippen molar-refractivity contribution in [2.45, 2.75) is 46.0 Å². The summed E-state index contributed by atoms with van der Waals surface area (Å²) in [5.74, 6) is 0.531. The minimum Gasteiger partial charge on any atom is -0.494 e. The van der Waals surface area contributed by atoms with Crippen molar-refractivity contribution < 1.29 is 14.3 Å². The van der Waals surface area contributed by atoms with Crippen LogP contribution in [-0.4, -0.2) is 31.5 Å². The molecule has 132 valence electrons. The van der Waals surface area contributed by atoms with E-state index in [0.717, 1.165) is 24.3 Å². The lowest BCUT2D eigenvalue weighted by molar-refractivity contribution is -0.126. The minimum atomic E-state index is -0.254. The molecule has 5 nitrogen and oxygen atoms in total. The van der Waals surface area contributed by atoms with Gasteiger partial charge in [0, 0.05) is 25.2 Å². The lowest BCUT2D eigenvalue weighted by atomic mass is 10.1. The Morgan fingerprint density at radius 1 is 1.21 bits per heavy atom. The second-order valence-corrected chi connectivity index (χ2v) is 6.18. The van der Waals surface area contributed by atoms with Crippen LogP contribution in [0.3, 0.4) is 0 Å². The highest BCUT2D eigenvalue weighted by atomic mass is 16.5. The first-order chi connectivity index (χ1) is 11.7. The van der Waals surface area contributed by atoms with Crippen molar-refractivity contribution in [2.75, 3.05) is 24.6 Å². The van der Waals surface area contributed by atoms with E-state index in [0.29, 0.717) is 19.7 Å². The van der Waals surface area contributed by atoms with Gasteiger partial charge in [0.2, 0.25) is 11.8 Å². The monoisotopic (exact) mass is 332 g/mol. The maximum atomic E-state index is 12.2. The summed E-state index contributed by atoms with van der Waals surface area (Å²) < 4.78 is 5.41. The van der Waals surface area contributed by atoms with Gasteiger partial charge in [-0.25, -0.2) is 0 Å². The summed E-state index contributed by atoms with van der Waals surface area (Å²) in [6.45, 7) is 5.87. The van der Waals surface area contributed by atoms with Crippen molar-refractivity contribution in [2.24, 2.45) is 5.92 Å². The van der Waals surface area contributed by atoms with Crippen LogP contribution in [0.2, 0.25) is 0 Å². The van der Waals surface area contributed by atoms with E-state index in [1.807, 2.05) is 31.2 Å². The predicted octanol–water partition coefficient (Wildman–Crippen LogP) is 3.13. The van der Waals surface area contributed by atoms with Crippen molar-refractivity contribution in [3.05, 3.63) is 24.3 Å². The summed E-state index contributed by atoms with van der Waals surface area (Å²) in [6.07, 6.45) is 4.81. The molecule has 1 aliphatic rings. The van der Waals surface area contributed by atoms with Crippen LogP contribution in [0.5, 0.6) is 5.75 Å². The molecule has 2 amide bonds. The molecule has 0 aromatic heterocycles. The van der Waals surface area contributed by atoms with E-state index in [4.69, 9.17) is 4.74 Å². The number of amides is 2. The third-order valence-electron chi connectivity index (χ3n) is 4.28. The van der Waals surface area contributed by atoms with Crippen LogP contribution in [-0.2, 0) is 9.59 Å². The van der Waals surface area contributed by atoms with Crippen LogP contribution in [0.15, 0.2) is 24.3 Å². The standard InChI is InChI=1S/C19H28N2O3/c1-3-5-6-7-12-20-19(23)15-13-18(22)21(14-15)16-8-10-17(11-9-16)24-4-2/h8-11,15H,3-7,12-14H2,1-2H3,(H,20,23). The van der Waals surface area contributed by atoms with E-state index < -0.39 is 0 Å². The van der Waals surface area contributed by atoms with Gasteiger partial charge in [0.05, 0.1) is 12.5 Å². The number of carbonyl (C=O) groups is 2. The quantitative estimate of drug-likeness (QED) is 0.707. The lowest BCUT2D eigenvalue weighted by Gasteiger charge is -2.17. The second-order valence-electron chi connectivity index (χ2n) is 6.18. The van der Waals surface area contributed by atoms with Gasteiger partial charge in [0.1, 0.15) is 5.75 Å². The Kier molecular flexibility index (Phi) is 7.09. The molecule has 5 heteroatoms. The van der Waals surface area contributed by atoms with Crippen LogP contribution in [0.1, 0.15) is 46.0 Å². The molecule has 1 atom stereocenters. The van der Waals surface area contributed by atoms with Gasteiger partial charge in [-0.1, -0.05) is 26.2 Å². The van der Waals surface area contributed by atoms with Gasteiger partial charge in [-0.05, 0) is 37.6 Å². The fraction of sp³-hybridized carbons (Fsp3) is 0.579. The number of benzene rings is 1. The number of nitrogens with zero attached hydrogens (tertiary/aromatic N) is 1. The molecule has 1 aromatic rings. The normalized spacial score (nSPS) is 17.2. The van der Waals surface area contributed by atoms with Gasteiger partial charge in [-0.2, -0.15) is 0 Å². The van der Waals surface area contributed by atoms with Crippen molar-refractivity contribution in [3.63, 3.8) is 0 Å². The Morgan fingerprint density at radius 2 is 1.96 bits per heavy atom. The van der Waals surface area contributed by atoms with E-state index in [1.54, 1.807) is 4.90 Å². The van der Waals surface area contributed by atoms with Gasteiger partial charge in [-0.3, -0.25) is 9.59 Å². The van der Waals surface area contributed by atoms with E-state index in [2.05, 4.69) is 12.2 Å². The van der Waals surface area contributed by atoms with E-state index in [-0.39, 0.29) is 24.2 Å². The molecule has 0 aliphatic carbocycles. The molecule has 2 rings (SSSR count). The zero-order valence-corrected chi connectivity index (χ0v) is 14.7. The SMILES string of the molecule is CCCCCCNC(=O)C1CC(=O)N(c2ccc(OCC)cc2)C1. The summed E-state index contributed by atoms with van der Waals surface area (Å²) in [7, 11) is 0. The fourth-order valence-corrected chi connectivity index (χ4v) is 2.93. The average Bonchev–Trinajstić information content (AvgIpc) is 2.97. The van der Waals surface area contributed by atoms with Crippen molar-refractivity contribution in [1.82, 2.24) is 5.32 Å². The Balaban J connectivity index is 1.84. The third-order valence-corrected chi connectivity index (χ3v) is 4.28. The summed E-state index contributed by atoms with van der Waals surface area (Å²) in [5, 5.41) is 2.96. The second kappa shape index (κ2) is 9.30. The zero-order valence-electron chi connectivity index (χ0n) is 14.7. The van der Waals surface area contributed by atoms with Crippen molar-refractivity contribution >= 4 is 17.5 Å². The number of nitrogens with one attached hydrogen (secondary N) is 1. The van der Waals surface area contributed by atoms with Gasteiger partial charge in [0.15, 0.2) is 0 Å². The van der Waals surface area contributed by atoms with Crippen LogP contribution >= 0.6 is 0 Å². The topological polar surface area (TPSA) is 58.6 Å². The first-order valence-corrected chi connectivity index (χ1v) is 8.96. The van der Waals surface area contributed by atoms with Gasteiger partial charge >= 0.3 is 0 Å². The summed E-state index contributed by atoms with van der Waals surface area (Å²) in [4.78, 5) is 26.2. The first-order valence-electron chi connectivity index (χ1n) is 8.96. The molecular weight excluding hydrogens is 304 g/mol. The molecule has 24 heavy (non-hydrogen) atoms. The van der Waals surface area contributed by atoms with E-state index in [9.17, 15) is 9.59 Å². The number of hydrogen-bond acceptors (Lipinski definition) is 3. The fourth-order valence-electron chi connectivity index (χ4n) is 2.93. The number of ether oxygens (including phenoxy) is 1. The molecule has 0 bridgehead atoms. The van der Waals surface area contributed by atoms with Gasteiger partial charge in [-0.15, -0.1) is 0 Å². The molecule has 1 unspecified atom stereocenters. The third kappa shape index (κ3) is 4.98. The molecule has 1 aromatic carbocycles. The predicted molar refractivity (Wildman–Crippen MR) is 95.2 cm³/mol. The molecule has 0 spiro atoms. The molecule has 1 fully saturated rings. The molecule has 1 N–H and O–H groups in total. The number of carbonyl (C=O) groups excluding carboxylic acids is 2. The lowest BCUT2D eigenvalue weighted by Crippen LogP contribution is -2.33. The number of hydrogen-bond donors (Lipinski definition) is 1. The van der Waals surface area contributed by atoms with Gasteiger partial charge in [0.25, 0.3) is 0 Å². The highest BCUT2D eigenvalue weighted by Gasteiger charge is 2.34. The summed E-state index contributed by atoms with van der Waals surface area (Å²) >= 11 is 0. The molecule has 1 aliphatic heterocycles. The highest BCUT2D eigenvalue weighted by molar-refractivity contribution is 6.00. The number of unbranched alkanes of at least 4 members (excludes halogenated alkanes) is 3. The minimum absolute atomic E-state index is 0.00490. The molecule has 1 heterocycles. The van der Waals surface area contributed by atoms with E-state index >= 15 is 0 Å². The highest BCUT2D eigenvalue weighted by Crippen LogP contribution is 2.27. The Labute approximate surface area is 144 Å². The smallest absolute Gasteiger partial charge is 0.227 e. The maximum absolute atomic E-state index is 12.2. The Bertz CT molecular complexity index is 542. The largest absolute Gasteiger partial charge is 0.494 e. The van der Waals surface area contributed by atoms with Crippen LogP contribution in [0, 0.1) is 5.92 Å². The van der Waals surface area contributed by atoms with Crippen LogP contribution in [0.4, 0.5) is 5.69 Å². The van der Waals surface area contributed by atoms with Crippen molar-refractivity contribution in [3.8, 4) is 5.75 Å². The van der Waals surface area contributed by atoms with Crippen LogP contribution < -0.4 is 15.0 Å². The number of rotatable bonds is 9. The summed E-state index contributed by atoms with van der Waals surface area (Å²) in [5.41, 5.74) is 0.821. The summed E-state index contributed by atoms with van der Waals surface area (Å²) in [6, 6.07) is 7.45. The van der Waals surface area contributed by atoms with E-state index in [1.165, 1.54) is 12.8 Å². The zero-order chi connectivity index (χ0) is 17.4. The Morgan fingerprint density at radius 3 is 2.62 bits per heavy atom. The molecule has 0 saturated carbocycles. The first kappa shape index (κ1) is 18.3. The molecule has 0 radical (unpaired) electrons. The number of anilines is 1. The molecule has 1 saturated heterocycles. The molecular formula is C19H28N2O3. The average molecular weight is 332 g/mol.